The molecule has 1 N–H and O–H groups in total. The lowest BCUT2D eigenvalue weighted by Crippen LogP contribution is -2.30. The summed E-state index contributed by atoms with van der Waals surface area (Å²) in [5, 5.41) is 2.77. The number of nitrogens with one attached hydrogen (secondary N) is 1. The van der Waals surface area contributed by atoms with Crippen molar-refractivity contribution in [3.8, 4) is 0 Å². The molecule has 0 aliphatic rings. The summed E-state index contributed by atoms with van der Waals surface area (Å²) in [6.45, 7) is 7.45. The third-order valence-corrected chi connectivity index (χ3v) is 1.22. The van der Waals surface area contributed by atoms with Crippen LogP contribution in [0.3, 0.4) is 0 Å². The number of hydrogen-bond acceptors (Lipinski definition) is 1. The van der Waals surface area contributed by atoms with Crippen LogP contribution in [0, 0.1) is 0 Å². The van der Waals surface area contributed by atoms with E-state index in [1.165, 1.54) is 0 Å². The second-order valence-corrected chi connectivity index (χ2v) is 2.34. The van der Waals surface area contributed by atoms with E-state index in [1.807, 2.05) is 13.8 Å². The molecule has 0 aromatic carbocycles. The molecule has 0 bridgehead atoms. The van der Waals surface area contributed by atoms with Crippen LogP contribution in [-0.2, 0) is 4.79 Å². The maximum atomic E-state index is 10.9. The van der Waals surface area contributed by atoms with Crippen molar-refractivity contribution in [1.82, 2.24) is 5.32 Å². The lowest BCUT2D eigenvalue weighted by Gasteiger charge is -2.07. The Labute approximate surface area is 62.3 Å². The minimum atomic E-state index is 0.0963. The van der Waals surface area contributed by atoms with Gasteiger partial charge in [-0.1, -0.05) is 13.0 Å². The van der Waals surface area contributed by atoms with Crippen LogP contribution in [0.1, 0.15) is 26.7 Å². The first kappa shape index (κ1) is 9.21. The molecule has 0 aliphatic heterocycles. The van der Waals surface area contributed by atoms with E-state index in [2.05, 4.69) is 11.9 Å². The van der Waals surface area contributed by atoms with Gasteiger partial charge in [0.25, 0.3) is 0 Å². The molecule has 2 nitrogen and oxygen atoms in total. The van der Waals surface area contributed by atoms with E-state index in [1.54, 1.807) is 6.08 Å². The molecule has 0 saturated heterocycles. The Hall–Kier alpha value is -0.790. The highest BCUT2D eigenvalue weighted by Gasteiger charge is 2.00. The van der Waals surface area contributed by atoms with Gasteiger partial charge in [0, 0.05) is 12.5 Å². The number of carbonyl (C=O) groups is 1. The maximum absolute atomic E-state index is 10.9. The molecular formula is C8H15NO. The molecule has 0 radical (unpaired) electrons. The smallest absolute Gasteiger partial charge is 0.220 e. The Bertz CT molecular complexity index is 120. The van der Waals surface area contributed by atoms with Crippen molar-refractivity contribution in [1.29, 1.82) is 0 Å². The Morgan fingerprint density at radius 2 is 2.40 bits per heavy atom. The van der Waals surface area contributed by atoms with Gasteiger partial charge in [0.15, 0.2) is 0 Å². The predicted octanol–water partition coefficient (Wildman–Crippen LogP) is 1.48. The summed E-state index contributed by atoms with van der Waals surface area (Å²) in [4.78, 5) is 10.9. The number of hydrogen-bond donors (Lipinski definition) is 1. The monoisotopic (exact) mass is 141 g/mol. The van der Waals surface area contributed by atoms with Gasteiger partial charge in [0.2, 0.25) is 5.91 Å². The topological polar surface area (TPSA) is 29.1 Å². The Morgan fingerprint density at radius 3 is 2.80 bits per heavy atom. The van der Waals surface area contributed by atoms with Crippen molar-refractivity contribution in [3.63, 3.8) is 0 Å². The van der Waals surface area contributed by atoms with Crippen molar-refractivity contribution in [2.45, 2.75) is 32.7 Å². The molecule has 1 amide bonds. The second-order valence-electron chi connectivity index (χ2n) is 2.34. The van der Waals surface area contributed by atoms with E-state index in [9.17, 15) is 4.79 Å². The number of rotatable bonds is 4. The molecule has 0 fully saturated rings. The fraction of sp³-hybridized carbons (Fsp3) is 0.625. The third-order valence-electron chi connectivity index (χ3n) is 1.22. The number of carbonyl (C=O) groups excluding carboxylic acids is 1. The molecule has 1 unspecified atom stereocenters. The summed E-state index contributed by atoms with van der Waals surface area (Å²) in [7, 11) is 0. The summed E-state index contributed by atoms with van der Waals surface area (Å²) in [6.07, 6.45) is 3.22. The highest BCUT2D eigenvalue weighted by molar-refractivity contribution is 5.76. The van der Waals surface area contributed by atoms with Crippen LogP contribution in [-0.4, -0.2) is 11.9 Å². The van der Waals surface area contributed by atoms with Crippen LogP contribution in [0.4, 0.5) is 0 Å². The molecule has 58 valence electrons. The van der Waals surface area contributed by atoms with Crippen molar-refractivity contribution in [2.75, 3.05) is 0 Å². The Balaban J connectivity index is 3.46. The van der Waals surface area contributed by atoms with Crippen molar-refractivity contribution in [2.24, 2.45) is 0 Å². The number of amides is 1. The summed E-state index contributed by atoms with van der Waals surface area (Å²) in [5.74, 6) is 0.106. The van der Waals surface area contributed by atoms with Crippen LogP contribution >= 0.6 is 0 Å². The summed E-state index contributed by atoms with van der Waals surface area (Å²) in [5.41, 5.74) is 0. The molecule has 10 heavy (non-hydrogen) atoms. The summed E-state index contributed by atoms with van der Waals surface area (Å²) < 4.78 is 0. The fourth-order valence-corrected chi connectivity index (χ4v) is 0.612. The molecule has 0 spiro atoms. The van der Waals surface area contributed by atoms with Gasteiger partial charge in [-0.3, -0.25) is 4.79 Å². The average molecular weight is 141 g/mol. The SMILES string of the molecule is C=CC(C)NC(=O)CCC. The first-order valence-electron chi connectivity index (χ1n) is 3.62. The van der Waals surface area contributed by atoms with Crippen molar-refractivity contribution in [3.05, 3.63) is 12.7 Å². The van der Waals surface area contributed by atoms with Gasteiger partial charge in [-0.2, -0.15) is 0 Å². The lowest BCUT2D eigenvalue weighted by atomic mass is 10.3. The molecule has 0 aromatic rings. The van der Waals surface area contributed by atoms with Gasteiger partial charge >= 0.3 is 0 Å². The normalized spacial score (nSPS) is 12.2. The van der Waals surface area contributed by atoms with E-state index in [4.69, 9.17) is 0 Å². The molecule has 0 aromatic heterocycles. The van der Waals surface area contributed by atoms with Gasteiger partial charge in [0.05, 0.1) is 0 Å². The highest BCUT2D eigenvalue weighted by atomic mass is 16.1. The first-order chi connectivity index (χ1) is 4.70. The molecule has 0 heterocycles. The van der Waals surface area contributed by atoms with Crippen molar-refractivity contribution >= 4 is 5.91 Å². The fourth-order valence-electron chi connectivity index (χ4n) is 0.612. The molecule has 2 heteroatoms. The largest absolute Gasteiger partial charge is 0.350 e. The van der Waals surface area contributed by atoms with Gasteiger partial charge < -0.3 is 5.32 Å². The Kier molecular flexibility index (Phi) is 4.63. The summed E-state index contributed by atoms with van der Waals surface area (Å²) in [6, 6.07) is 0.0963. The summed E-state index contributed by atoms with van der Waals surface area (Å²) >= 11 is 0. The van der Waals surface area contributed by atoms with Gasteiger partial charge in [-0.05, 0) is 13.3 Å². The Morgan fingerprint density at radius 1 is 1.80 bits per heavy atom. The predicted molar refractivity (Wildman–Crippen MR) is 42.7 cm³/mol. The van der Waals surface area contributed by atoms with E-state index < -0.39 is 0 Å². The lowest BCUT2D eigenvalue weighted by molar-refractivity contribution is -0.121. The first-order valence-corrected chi connectivity index (χ1v) is 3.62. The van der Waals surface area contributed by atoms with E-state index >= 15 is 0 Å². The van der Waals surface area contributed by atoms with Gasteiger partial charge in [-0.15, -0.1) is 6.58 Å². The molecule has 0 saturated carbocycles. The highest BCUT2D eigenvalue weighted by Crippen LogP contribution is 1.88. The maximum Gasteiger partial charge on any atom is 0.220 e. The van der Waals surface area contributed by atoms with Crippen LogP contribution in [0.2, 0.25) is 0 Å². The van der Waals surface area contributed by atoms with Gasteiger partial charge in [-0.25, -0.2) is 0 Å². The molecule has 0 rings (SSSR count). The zero-order chi connectivity index (χ0) is 7.98. The van der Waals surface area contributed by atoms with E-state index in [0.717, 1.165) is 6.42 Å². The quantitative estimate of drug-likeness (QED) is 0.590. The minimum absolute atomic E-state index is 0.0963. The molecule has 1 atom stereocenters. The van der Waals surface area contributed by atoms with Crippen LogP contribution in [0.25, 0.3) is 0 Å². The van der Waals surface area contributed by atoms with Crippen LogP contribution in [0.15, 0.2) is 12.7 Å². The van der Waals surface area contributed by atoms with Crippen LogP contribution < -0.4 is 5.32 Å². The van der Waals surface area contributed by atoms with E-state index in [-0.39, 0.29) is 11.9 Å². The van der Waals surface area contributed by atoms with Gasteiger partial charge in [0.1, 0.15) is 0 Å². The average Bonchev–Trinajstić information content (AvgIpc) is 1.88. The van der Waals surface area contributed by atoms with E-state index in [0.29, 0.717) is 6.42 Å². The zero-order valence-electron chi connectivity index (χ0n) is 6.68. The molecule has 0 aliphatic carbocycles. The van der Waals surface area contributed by atoms with Crippen LogP contribution in [0.5, 0.6) is 0 Å². The zero-order valence-corrected chi connectivity index (χ0v) is 6.68. The second kappa shape index (κ2) is 5.03. The standard InChI is InChI=1S/C8H15NO/c1-4-6-8(10)9-7(3)5-2/h5,7H,2,4,6H2,1,3H3,(H,9,10). The van der Waals surface area contributed by atoms with Crippen molar-refractivity contribution < 1.29 is 4.79 Å². The third kappa shape index (κ3) is 4.13. The minimum Gasteiger partial charge on any atom is -0.350 e. The molecular weight excluding hydrogens is 126 g/mol.